The Morgan fingerprint density at radius 2 is 2.06 bits per heavy atom. The van der Waals surface area contributed by atoms with E-state index in [0.717, 1.165) is 16.6 Å². The van der Waals surface area contributed by atoms with Crippen LogP contribution < -0.4 is 0 Å². The van der Waals surface area contributed by atoms with Crippen molar-refractivity contribution in [2.75, 3.05) is 0 Å². The number of benzene rings is 1. The van der Waals surface area contributed by atoms with Gasteiger partial charge in [0.2, 0.25) is 0 Å². The molecule has 78 valence electrons. The molecule has 1 aromatic carbocycles. The minimum atomic E-state index is 0.692. The van der Waals surface area contributed by atoms with E-state index in [4.69, 9.17) is 11.6 Å². The van der Waals surface area contributed by atoms with E-state index < -0.39 is 0 Å². The molecule has 3 rings (SSSR count). The van der Waals surface area contributed by atoms with Crippen LogP contribution >= 0.6 is 11.6 Å². The molecule has 2 aromatic heterocycles. The number of halogens is 1. The Kier molecular flexibility index (Phi) is 2.11. The number of nitrogens with zero attached hydrogens (tertiary/aromatic N) is 3. The summed E-state index contributed by atoms with van der Waals surface area (Å²) in [5.41, 5.74) is 1.88. The molecule has 0 aliphatic rings. The maximum atomic E-state index is 5.93. The molecule has 0 N–H and O–H groups in total. The summed E-state index contributed by atoms with van der Waals surface area (Å²) in [6.45, 7) is 0. The average Bonchev–Trinajstić information content (AvgIpc) is 2.81. The van der Waals surface area contributed by atoms with Crippen molar-refractivity contribution in [2.24, 2.45) is 0 Å². The lowest BCUT2D eigenvalue weighted by Gasteiger charge is -2.05. The van der Waals surface area contributed by atoms with Gasteiger partial charge in [-0.3, -0.25) is 4.98 Å². The molecule has 0 aliphatic heterocycles. The zero-order chi connectivity index (χ0) is 11.0. The third-order valence-corrected chi connectivity index (χ3v) is 2.67. The molecular weight excluding hydrogens is 222 g/mol. The molecule has 0 spiro atoms. The van der Waals surface area contributed by atoms with E-state index in [0.29, 0.717) is 5.02 Å². The van der Waals surface area contributed by atoms with Gasteiger partial charge in [-0.05, 0) is 30.3 Å². The highest BCUT2D eigenvalue weighted by molar-refractivity contribution is 6.31. The van der Waals surface area contributed by atoms with Gasteiger partial charge in [0.25, 0.3) is 0 Å². The Hall–Kier alpha value is -1.87. The van der Waals surface area contributed by atoms with E-state index in [1.165, 1.54) is 0 Å². The average molecular weight is 230 g/mol. The van der Waals surface area contributed by atoms with Crippen molar-refractivity contribution in [1.82, 2.24) is 14.8 Å². The Labute approximate surface area is 97.3 Å². The van der Waals surface area contributed by atoms with Gasteiger partial charge in [0.1, 0.15) is 0 Å². The zero-order valence-electron chi connectivity index (χ0n) is 8.34. The van der Waals surface area contributed by atoms with Crippen molar-refractivity contribution in [3.05, 3.63) is 53.9 Å². The second-order valence-corrected chi connectivity index (χ2v) is 3.88. The van der Waals surface area contributed by atoms with Crippen molar-refractivity contribution in [3.8, 4) is 5.69 Å². The quantitative estimate of drug-likeness (QED) is 0.642. The monoisotopic (exact) mass is 229 g/mol. The van der Waals surface area contributed by atoms with Crippen molar-refractivity contribution >= 4 is 22.5 Å². The van der Waals surface area contributed by atoms with Gasteiger partial charge < -0.3 is 0 Å². The van der Waals surface area contributed by atoms with Crippen LogP contribution in [0.15, 0.2) is 48.9 Å². The molecule has 3 nitrogen and oxygen atoms in total. The van der Waals surface area contributed by atoms with Gasteiger partial charge in [-0.2, -0.15) is 5.10 Å². The normalized spacial score (nSPS) is 10.8. The molecule has 0 aliphatic carbocycles. The molecule has 16 heavy (non-hydrogen) atoms. The summed E-state index contributed by atoms with van der Waals surface area (Å²) >= 11 is 5.93. The van der Waals surface area contributed by atoms with Crippen LogP contribution in [0.25, 0.3) is 16.6 Å². The predicted molar refractivity (Wildman–Crippen MR) is 63.9 cm³/mol. The lowest BCUT2D eigenvalue weighted by molar-refractivity contribution is 0.886. The number of hydrogen-bond acceptors (Lipinski definition) is 2. The van der Waals surface area contributed by atoms with Crippen LogP contribution in [-0.4, -0.2) is 14.8 Å². The number of rotatable bonds is 1. The minimum Gasteiger partial charge on any atom is -0.256 e. The highest BCUT2D eigenvalue weighted by atomic mass is 35.5. The van der Waals surface area contributed by atoms with Crippen molar-refractivity contribution in [3.63, 3.8) is 0 Å². The molecule has 2 heterocycles. The number of fused-ring (bicyclic) bond motifs is 1. The summed E-state index contributed by atoms with van der Waals surface area (Å²) in [6.07, 6.45) is 5.42. The molecule has 0 amide bonds. The molecule has 3 aromatic rings. The van der Waals surface area contributed by atoms with Crippen LogP contribution in [0.1, 0.15) is 0 Å². The molecule has 0 unspecified atom stereocenters. The minimum absolute atomic E-state index is 0.692. The Balaban J connectivity index is 2.34. The standard InChI is InChI=1S/C12H8ClN3/c13-9-2-3-10-11(8-9)14-6-4-12(10)16-7-1-5-15-16/h1-8H. The van der Waals surface area contributed by atoms with E-state index in [1.807, 2.05) is 41.2 Å². The first kappa shape index (κ1) is 9.36. The fraction of sp³-hybridized carbons (Fsp3) is 0. The van der Waals surface area contributed by atoms with Crippen molar-refractivity contribution in [1.29, 1.82) is 0 Å². The first-order valence-corrected chi connectivity index (χ1v) is 5.27. The first-order valence-electron chi connectivity index (χ1n) is 4.89. The molecule has 0 fully saturated rings. The lowest BCUT2D eigenvalue weighted by atomic mass is 10.2. The third-order valence-electron chi connectivity index (χ3n) is 2.43. The van der Waals surface area contributed by atoms with E-state index in [9.17, 15) is 0 Å². The summed E-state index contributed by atoms with van der Waals surface area (Å²) in [6, 6.07) is 9.50. The van der Waals surface area contributed by atoms with E-state index >= 15 is 0 Å². The second-order valence-electron chi connectivity index (χ2n) is 3.44. The van der Waals surface area contributed by atoms with Gasteiger partial charge in [-0.25, -0.2) is 4.68 Å². The van der Waals surface area contributed by atoms with Gasteiger partial charge in [-0.15, -0.1) is 0 Å². The maximum absolute atomic E-state index is 5.93. The highest BCUT2D eigenvalue weighted by Gasteiger charge is 2.04. The van der Waals surface area contributed by atoms with E-state index in [1.54, 1.807) is 12.4 Å². The summed E-state index contributed by atoms with van der Waals surface area (Å²) in [4.78, 5) is 4.29. The van der Waals surface area contributed by atoms with Crippen molar-refractivity contribution < 1.29 is 0 Å². The molecular formula is C12H8ClN3. The smallest absolute Gasteiger partial charge is 0.0754 e. The second kappa shape index (κ2) is 3.61. The van der Waals surface area contributed by atoms with Crippen LogP contribution in [0.5, 0.6) is 0 Å². The largest absolute Gasteiger partial charge is 0.256 e. The molecule has 0 radical (unpaired) electrons. The molecule has 4 heteroatoms. The van der Waals surface area contributed by atoms with Gasteiger partial charge >= 0.3 is 0 Å². The SMILES string of the molecule is Clc1ccc2c(-n3cccn3)ccnc2c1. The van der Waals surface area contributed by atoms with Crippen LogP contribution in [0.4, 0.5) is 0 Å². The van der Waals surface area contributed by atoms with Crippen LogP contribution in [0.3, 0.4) is 0 Å². The molecule has 0 saturated heterocycles. The molecule has 0 atom stereocenters. The summed E-state index contributed by atoms with van der Waals surface area (Å²) in [5.74, 6) is 0. The molecule has 0 bridgehead atoms. The summed E-state index contributed by atoms with van der Waals surface area (Å²) in [5, 5.41) is 5.94. The lowest BCUT2D eigenvalue weighted by Crippen LogP contribution is -1.96. The third kappa shape index (κ3) is 1.46. The summed E-state index contributed by atoms with van der Waals surface area (Å²) in [7, 11) is 0. The number of hydrogen-bond donors (Lipinski definition) is 0. The van der Waals surface area contributed by atoms with Gasteiger partial charge in [0.15, 0.2) is 0 Å². The number of aromatic nitrogens is 3. The van der Waals surface area contributed by atoms with Gasteiger partial charge in [0.05, 0.1) is 11.2 Å². The van der Waals surface area contributed by atoms with Crippen LogP contribution in [0.2, 0.25) is 5.02 Å². The van der Waals surface area contributed by atoms with Gasteiger partial charge in [-0.1, -0.05) is 11.6 Å². The van der Waals surface area contributed by atoms with Gasteiger partial charge in [0, 0.05) is 29.0 Å². The zero-order valence-corrected chi connectivity index (χ0v) is 9.09. The Morgan fingerprint density at radius 3 is 2.88 bits per heavy atom. The van der Waals surface area contributed by atoms with E-state index in [-0.39, 0.29) is 0 Å². The Morgan fingerprint density at radius 1 is 1.12 bits per heavy atom. The first-order chi connectivity index (χ1) is 7.84. The summed E-state index contributed by atoms with van der Waals surface area (Å²) < 4.78 is 1.82. The maximum Gasteiger partial charge on any atom is 0.0754 e. The fourth-order valence-corrected chi connectivity index (χ4v) is 1.88. The number of pyridine rings is 1. The van der Waals surface area contributed by atoms with Crippen LogP contribution in [-0.2, 0) is 0 Å². The molecule has 0 saturated carbocycles. The Bertz CT molecular complexity index is 632. The fourth-order valence-electron chi connectivity index (χ4n) is 1.72. The van der Waals surface area contributed by atoms with Crippen LogP contribution in [0, 0.1) is 0 Å². The topological polar surface area (TPSA) is 30.7 Å². The van der Waals surface area contributed by atoms with Crippen molar-refractivity contribution in [2.45, 2.75) is 0 Å². The highest BCUT2D eigenvalue weighted by Crippen LogP contribution is 2.22. The predicted octanol–water partition coefficient (Wildman–Crippen LogP) is 3.07. The van der Waals surface area contributed by atoms with E-state index in [2.05, 4.69) is 10.1 Å².